The minimum atomic E-state index is -4.66. The van der Waals surface area contributed by atoms with Crippen LogP contribution in [0.15, 0.2) is 30.3 Å². The quantitative estimate of drug-likeness (QED) is 0.821. The fourth-order valence-electron chi connectivity index (χ4n) is 1.47. The monoisotopic (exact) mass is 258 g/mol. The molecular weight excluding hydrogens is 245 g/mol. The number of aliphatic hydroxyl groups is 1. The molecule has 0 radical (unpaired) electrons. The molecule has 0 aromatic heterocycles. The molecule has 0 saturated carbocycles. The average molecular weight is 258 g/mol. The van der Waals surface area contributed by atoms with Crippen LogP contribution in [0.1, 0.15) is 5.56 Å². The zero-order chi connectivity index (χ0) is 13.6. The van der Waals surface area contributed by atoms with Crippen molar-refractivity contribution < 1.29 is 18.3 Å². The Hall–Kier alpha value is -1.58. The number of rotatable bonds is 5. The van der Waals surface area contributed by atoms with Gasteiger partial charge in [0.05, 0.1) is 12.6 Å². The van der Waals surface area contributed by atoms with Crippen molar-refractivity contribution >= 4 is 0 Å². The molecule has 1 atom stereocenters. The fourth-order valence-corrected chi connectivity index (χ4v) is 1.47. The number of hydrogen-bond donors (Lipinski definition) is 1. The molecule has 0 amide bonds. The summed E-state index contributed by atoms with van der Waals surface area (Å²) >= 11 is 0. The van der Waals surface area contributed by atoms with Crippen LogP contribution >= 0.6 is 0 Å². The molecule has 0 saturated heterocycles. The highest BCUT2D eigenvalue weighted by Crippen LogP contribution is 2.21. The molecule has 1 N–H and O–H groups in total. The van der Waals surface area contributed by atoms with E-state index >= 15 is 0 Å². The van der Waals surface area contributed by atoms with Gasteiger partial charge in [0.2, 0.25) is 0 Å². The van der Waals surface area contributed by atoms with E-state index in [2.05, 4.69) is 0 Å². The maximum Gasteiger partial charge on any atom is 0.415 e. The van der Waals surface area contributed by atoms with E-state index in [-0.39, 0.29) is 13.1 Å². The van der Waals surface area contributed by atoms with Gasteiger partial charge in [0.1, 0.15) is 0 Å². The lowest BCUT2D eigenvalue weighted by molar-refractivity contribution is -0.208. The molecule has 0 aliphatic rings. The molecule has 0 heterocycles. The van der Waals surface area contributed by atoms with Gasteiger partial charge in [0.25, 0.3) is 0 Å². The Balaban J connectivity index is 2.64. The summed E-state index contributed by atoms with van der Waals surface area (Å²) in [6, 6.07) is 10.6. The van der Waals surface area contributed by atoms with Gasteiger partial charge in [-0.05, 0) is 5.56 Å². The van der Waals surface area contributed by atoms with Crippen LogP contribution in [-0.4, -0.2) is 35.4 Å². The largest absolute Gasteiger partial charge is 0.415 e. The third-order valence-electron chi connectivity index (χ3n) is 2.35. The number of aliphatic hydroxyl groups excluding tert-OH is 1. The molecule has 1 rings (SSSR count). The molecule has 98 valence electrons. The standard InChI is InChI=1S/C12H13F3N2O/c13-12(14,15)11(18)9-17(7-6-16)8-10-4-2-1-3-5-10/h1-5,11,18H,7-9H2/t11-/m1/s1. The second kappa shape index (κ2) is 6.38. The molecule has 0 spiro atoms. The number of hydrogen-bond acceptors (Lipinski definition) is 3. The molecule has 0 aliphatic heterocycles. The first-order valence-corrected chi connectivity index (χ1v) is 5.31. The fraction of sp³-hybridized carbons (Fsp3) is 0.417. The molecule has 3 nitrogen and oxygen atoms in total. The smallest absolute Gasteiger partial charge is 0.382 e. The maximum absolute atomic E-state index is 12.2. The summed E-state index contributed by atoms with van der Waals surface area (Å²) in [5.41, 5.74) is 0.794. The Kier molecular flexibility index (Phi) is 5.13. The van der Waals surface area contributed by atoms with E-state index in [1.807, 2.05) is 0 Å². The summed E-state index contributed by atoms with van der Waals surface area (Å²) in [7, 11) is 0. The first-order chi connectivity index (χ1) is 8.43. The zero-order valence-electron chi connectivity index (χ0n) is 9.56. The highest BCUT2D eigenvalue weighted by Gasteiger charge is 2.39. The van der Waals surface area contributed by atoms with E-state index in [9.17, 15) is 13.2 Å². The third kappa shape index (κ3) is 4.73. The molecule has 0 aliphatic carbocycles. The predicted molar refractivity (Wildman–Crippen MR) is 59.4 cm³/mol. The summed E-state index contributed by atoms with van der Waals surface area (Å²) < 4.78 is 36.7. The lowest BCUT2D eigenvalue weighted by Gasteiger charge is -2.23. The number of halogens is 3. The molecule has 1 aromatic rings. The van der Waals surface area contributed by atoms with Gasteiger partial charge >= 0.3 is 6.18 Å². The SMILES string of the molecule is N#CCN(Cc1ccccc1)C[C@@H](O)C(F)(F)F. The number of alkyl halides is 3. The normalized spacial score (nSPS) is 13.3. The molecule has 0 unspecified atom stereocenters. The first kappa shape index (κ1) is 14.5. The van der Waals surface area contributed by atoms with Crippen LogP contribution in [0, 0.1) is 11.3 Å². The molecule has 18 heavy (non-hydrogen) atoms. The van der Waals surface area contributed by atoms with E-state index in [1.54, 1.807) is 36.4 Å². The van der Waals surface area contributed by atoms with Gasteiger partial charge in [0.15, 0.2) is 6.10 Å². The van der Waals surface area contributed by atoms with Crippen LogP contribution in [0.5, 0.6) is 0 Å². The highest BCUT2D eigenvalue weighted by molar-refractivity contribution is 5.14. The summed E-state index contributed by atoms with van der Waals surface area (Å²) in [6.07, 6.45) is -7.10. The maximum atomic E-state index is 12.2. The summed E-state index contributed by atoms with van der Waals surface area (Å²) in [4.78, 5) is 1.26. The minimum Gasteiger partial charge on any atom is -0.382 e. The van der Waals surface area contributed by atoms with Crippen molar-refractivity contribution in [1.29, 1.82) is 5.26 Å². The van der Waals surface area contributed by atoms with Gasteiger partial charge in [-0.15, -0.1) is 0 Å². The molecular formula is C12H13F3N2O. The van der Waals surface area contributed by atoms with Gasteiger partial charge < -0.3 is 5.11 Å². The molecule has 1 aromatic carbocycles. The van der Waals surface area contributed by atoms with E-state index < -0.39 is 18.8 Å². The second-order valence-corrected chi connectivity index (χ2v) is 3.87. The minimum absolute atomic E-state index is 0.165. The molecule has 0 fully saturated rings. The Labute approximate surface area is 103 Å². The molecule has 6 heteroatoms. The molecule has 0 bridgehead atoms. The number of nitriles is 1. The Morgan fingerprint density at radius 2 is 1.89 bits per heavy atom. The van der Waals surface area contributed by atoms with Crippen LogP contribution in [0.2, 0.25) is 0 Å². The number of nitrogens with zero attached hydrogens (tertiary/aromatic N) is 2. The zero-order valence-corrected chi connectivity index (χ0v) is 9.56. The van der Waals surface area contributed by atoms with Crippen molar-refractivity contribution in [1.82, 2.24) is 4.90 Å². The van der Waals surface area contributed by atoms with Gasteiger partial charge in [-0.1, -0.05) is 30.3 Å². The van der Waals surface area contributed by atoms with Crippen LogP contribution in [0.3, 0.4) is 0 Å². The van der Waals surface area contributed by atoms with Gasteiger partial charge in [-0.3, -0.25) is 4.90 Å². The van der Waals surface area contributed by atoms with E-state index in [0.29, 0.717) is 0 Å². The van der Waals surface area contributed by atoms with Crippen molar-refractivity contribution in [3.8, 4) is 6.07 Å². The topological polar surface area (TPSA) is 47.3 Å². The van der Waals surface area contributed by atoms with Crippen molar-refractivity contribution in [3.05, 3.63) is 35.9 Å². The van der Waals surface area contributed by atoms with Gasteiger partial charge in [-0.2, -0.15) is 18.4 Å². The highest BCUT2D eigenvalue weighted by atomic mass is 19.4. The summed E-state index contributed by atoms with van der Waals surface area (Å²) in [6.45, 7) is -0.574. The van der Waals surface area contributed by atoms with E-state index in [4.69, 9.17) is 10.4 Å². The summed E-state index contributed by atoms with van der Waals surface area (Å²) in [5.74, 6) is 0. The Morgan fingerprint density at radius 1 is 1.28 bits per heavy atom. The summed E-state index contributed by atoms with van der Waals surface area (Å²) in [5, 5.41) is 17.6. The van der Waals surface area contributed by atoms with Gasteiger partial charge in [-0.25, -0.2) is 0 Å². The average Bonchev–Trinajstić information content (AvgIpc) is 2.29. The van der Waals surface area contributed by atoms with Crippen molar-refractivity contribution in [2.75, 3.05) is 13.1 Å². The third-order valence-corrected chi connectivity index (χ3v) is 2.35. The lowest BCUT2D eigenvalue weighted by Crippen LogP contribution is -2.40. The van der Waals surface area contributed by atoms with E-state index in [0.717, 1.165) is 5.56 Å². The van der Waals surface area contributed by atoms with Crippen molar-refractivity contribution in [2.45, 2.75) is 18.8 Å². The van der Waals surface area contributed by atoms with Crippen LogP contribution < -0.4 is 0 Å². The lowest BCUT2D eigenvalue weighted by atomic mass is 10.2. The number of benzene rings is 1. The van der Waals surface area contributed by atoms with Crippen LogP contribution in [0.25, 0.3) is 0 Å². The van der Waals surface area contributed by atoms with Crippen molar-refractivity contribution in [2.24, 2.45) is 0 Å². The van der Waals surface area contributed by atoms with Gasteiger partial charge in [0, 0.05) is 13.1 Å². The predicted octanol–water partition coefficient (Wildman–Crippen LogP) is 1.94. The first-order valence-electron chi connectivity index (χ1n) is 5.31. The van der Waals surface area contributed by atoms with E-state index in [1.165, 1.54) is 4.90 Å². The van der Waals surface area contributed by atoms with Crippen molar-refractivity contribution in [3.63, 3.8) is 0 Å². The second-order valence-electron chi connectivity index (χ2n) is 3.87. The van der Waals surface area contributed by atoms with Crippen LogP contribution in [-0.2, 0) is 6.54 Å². The Morgan fingerprint density at radius 3 is 2.39 bits per heavy atom. The Bertz CT molecular complexity index is 400. The van der Waals surface area contributed by atoms with Crippen LogP contribution in [0.4, 0.5) is 13.2 Å².